The van der Waals surface area contributed by atoms with Gasteiger partial charge in [0.25, 0.3) is 5.91 Å². The maximum atomic E-state index is 12.9. The summed E-state index contributed by atoms with van der Waals surface area (Å²) in [7, 11) is 0. The first-order chi connectivity index (χ1) is 10.3. The minimum atomic E-state index is 0.170. The highest BCUT2D eigenvalue weighted by molar-refractivity contribution is 6.17. The number of rotatable bonds is 4. The van der Waals surface area contributed by atoms with Crippen LogP contribution in [0.3, 0.4) is 0 Å². The molecule has 1 unspecified atom stereocenters. The van der Waals surface area contributed by atoms with Gasteiger partial charge in [0, 0.05) is 24.0 Å². The number of likely N-dealkylation sites (tertiary alicyclic amines) is 1. The lowest BCUT2D eigenvalue weighted by molar-refractivity contribution is 0.0732. The summed E-state index contributed by atoms with van der Waals surface area (Å²) in [6, 6.07) is 14.4. The fourth-order valence-electron chi connectivity index (χ4n) is 3.28. The molecule has 21 heavy (non-hydrogen) atoms. The summed E-state index contributed by atoms with van der Waals surface area (Å²) in [6.45, 7) is 0.870. The van der Waals surface area contributed by atoms with E-state index in [1.165, 1.54) is 0 Å². The van der Waals surface area contributed by atoms with E-state index in [9.17, 15) is 4.79 Å². The molecule has 0 bridgehead atoms. The number of hydrogen-bond donors (Lipinski definition) is 0. The molecular weight excluding hydrogens is 282 g/mol. The highest BCUT2D eigenvalue weighted by Gasteiger charge is 2.29. The number of carbonyl (C=O) groups excluding carboxylic acids is 1. The molecule has 1 fully saturated rings. The molecular formula is C18H20ClNO. The number of fused-ring (bicyclic) bond motifs is 1. The number of carbonyl (C=O) groups is 1. The van der Waals surface area contributed by atoms with Gasteiger partial charge in [-0.1, -0.05) is 36.4 Å². The lowest BCUT2D eigenvalue weighted by Gasteiger charge is -2.25. The number of alkyl halides is 1. The Morgan fingerprint density at radius 3 is 2.86 bits per heavy atom. The smallest absolute Gasteiger partial charge is 0.254 e. The molecule has 2 nitrogen and oxygen atoms in total. The molecule has 0 radical (unpaired) electrons. The normalized spacial score (nSPS) is 18.3. The zero-order chi connectivity index (χ0) is 14.7. The Bertz CT molecular complexity index is 635. The van der Waals surface area contributed by atoms with E-state index in [1.54, 1.807) is 0 Å². The van der Waals surface area contributed by atoms with Crippen LogP contribution < -0.4 is 0 Å². The lowest BCUT2D eigenvalue weighted by Crippen LogP contribution is -2.35. The van der Waals surface area contributed by atoms with Crippen LogP contribution in [-0.4, -0.2) is 29.3 Å². The molecule has 2 aromatic rings. The number of amides is 1. The lowest BCUT2D eigenvalue weighted by atomic mass is 10.0. The van der Waals surface area contributed by atoms with Crippen LogP contribution in [0.1, 0.15) is 36.0 Å². The second-order valence-corrected chi connectivity index (χ2v) is 6.03. The fraction of sp³-hybridized carbons (Fsp3) is 0.389. The number of nitrogens with zero attached hydrogens (tertiary/aromatic N) is 1. The predicted molar refractivity (Wildman–Crippen MR) is 88.0 cm³/mol. The zero-order valence-electron chi connectivity index (χ0n) is 12.1. The summed E-state index contributed by atoms with van der Waals surface area (Å²) >= 11 is 5.80. The van der Waals surface area contributed by atoms with Gasteiger partial charge in [-0.3, -0.25) is 4.79 Å². The van der Waals surface area contributed by atoms with E-state index in [4.69, 9.17) is 11.6 Å². The topological polar surface area (TPSA) is 20.3 Å². The first-order valence-corrected chi connectivity index (χ1v) is 8.19. The van der Waals surface area contributed by atoms with E-state index >= 15 is 0 Å². The largest absolute Gasteiger partial charge is 0.336 e. The van der Waals surface area contributed by atoms with E-state index in [0.29, 0.717) is 11.9 Å². The van der Waals surface area contributed by atoms with Crippen molar-refractivity contribution in [3.63, 3.8) is 0 Å². The van der Waals surface area contributed by atoms with Crippen molar-refractivity contribution in [2.24, 2.45) is 0 Å². The summed E-state index contributed by atoms with van der Waals surface area (Å²) in [6.07, 6.45) is 4.20. The van der Waals surface area contributed by atoms with Gasteiger partial charge in [-0.2, -0.15) is 0 Å². The summed E-state index contributed by atoms with van der Waals surface area (Å²) in [4.78, 5) is 15.0. The molecule has 0 aliphatic carbocycles. The van der Waals surface area contributed by atoms with Crippen molar-refractivity contribution in [3.8, 4) is 0 Å². The van der Waals surface area contributed by atoms with Crippen molar-refractivity contribution in [2.45, 2.75) is 31.7 Å². The minimum Gasteiger partial charge on any atom is -0.336 e. The summed E-state index contributed by atoms with van der Waals surface area (Å²) in [5.74, 6) is 0.844. The molecule has 1 atom stereocenters. The molecule has 0 spiro atoms. The number of benzene rings is 2. The fourth-order valence-corrected chi connectivity index (χ4v) is 3.44. The average Bonchev–Trinajstić information content (AvgIpc) is 3.00. The molecule has 1 saturated heterocycles. The van der Waals surface area contributed by atoms with Crippen LogP contribution in [0.4, 0.5) is 0 Å². The summed E-state index contributed by atoms with van der Waals surface area (Å²) in [5.41, 5.74) is 0.825. The van der Waals surface area contributed by atoms with Crippen LogP contribution in [0.2, 0.25) is 0 Å². The highest BCUT2D eigenvalue weighted by atomic mass is 35.5. The average molecular weight is 302 g/mol. The molecule has 0 aromatic heterocycles. The van der Waals surface area contributed by atoms with E-state index in [2.05, 4.69) is 12.1 Å². The monoisotopic (exact) mass is 301 g/mol. The van der Waals surface area contributed by atoms with Crippen molar-refractivity contribution >= 4 is 28.3 Å². The van der Waals surface area contributed by atoms with E-state index in [1.807, 2.05) is 35.2 Å². The minimum absolute atomic E-state index is 0.170. The third kappa shape index (κ3) is 2.91. The number of hydrogen-bond acceptors (Lipinski definition) is 1. The molecule has 1 amide bonds. The third-order valence-corrected chi connectivity index (χ3v) is 4.60. The van der Waals surface area contributed by atoms with Crippen LogP contribution in [0, 0.1) is 0 Å². The van der Waals surface area contributed by atoms with E-state index in [0.717, 1.165) is 48.6 Å². The van der Waals surface area contributed by atoms with Crippen LogP contribution in [0.5, 0.6) is 0 Å². The van der Waals surface area contributed by atoms with Crippen molar-refractivity contribution < 1.29 is 4.79 Å². The van der Waals surface area contributed by atoms with Crippen LogP contribution in [0.25, 0.3) is 10.8 Å². The first kappa shape index (κ1) is 14.4. The Hall–Kier alpha value is -1.54. The Labute approximate surface area is 130 Å². The SMILES string of the molecule is O=C(c1cccc2ccccc12)N1CCCC1CCCCl. The Morgan fingerprint density at radius 2 is 2.00 bits per heavy atom. The quantitative estimate of drug-likeness (QED) is 0.763. The third-order valence-electron chi connectivity index (χ3n) is 4.33. The Morgan fingerprint density at radius 1 is 1.19 bits per heavy atom. The predicted octanol–water partition coefficient (Wildman–Crippen LogP) is 4.46. The van der Waals surface area contributed by atoms with Gasteiger partial charge < -0.3 is 4.90 Å². The molecule has 2 aromatic carbocycles. The highest BCUT2D eigenvalue weighted by Crippen LogP contribution is 2.26. The Kier molecular flexibility index (Phi) is 4.45. The molecule has 0 saturated carbocycles. The second-order valence-electron chi connectivity index (χ2n) is 5.65. The van der Waals surface area contributed by atoms with Crippen LogP contribution >= 0.6 is 11.6 Å². The zero-order valence-corrected chi connectivity index (χ0v) is 12.9. The van der Waals surface area contributed by atoms with Crippen molar-refractivity contribution in [2.75, 3.05) is 12.4 Å². The second kappa shape index (κ2) is 6.48. The molecule has 3 rings (SSSR count). The molecule has 110 valence electrons. The summed E-state index contributed by atoms with van der Waals surface area (Å²) < 4.78 is 0. The molecule has 1 aliphatic heterocycles. The molecule has 1 aliphatic rings. The molecule has 1 heterocycles. The van der Waals surface area contributed by atoms with Crippen molar-refractivity contribution in [3.05, 3.63) is 48.0 Å². The van der Waals surface area contributed by atoms with Crippen molar-refractivity contribution in [1.29, 1.82) is 0 Å². The van der Waals surface area contributed by atoms with Gasteiger partial charge in [-0.25, -0.2) is 0 Å². The maximum absolute atomic E-state index is 12.9. The first-order valence-electron chi connectivity index (χ1n) is 7.66. The van der Waals surface area contributed by atoms with Gasteiger partial charge in [0.1, 0.15) is 0 Å². The van der Waals surface area contributed by atoms with Gasteiger partial charge in [0.2, 0.25) is 0 Å². The van der Waals surface area contributed by atoms with Gasteiger partial charge in [-0.15, -0.1) is 11.6 Å². The van der Waals surface area contributed by atoms with Crippen LogP contribution in [-0.2, 0) is 0 Å². The maximum Gasteiger partial charge on any atom is 0.254 e. The van der Waals surface area contributed by atoms with Gasteiger partial charge in [0.15, 0.2) is 0 Å². The molecule has 3 heteroatoms. The van der Waals surface area contributed by atoms with Crippen LogP contribution in [0.15, 0.2) is 42.5 Å². The molecule has 0 N–H and O–H groups in total. The van der Waals surface area contributed by atoms with Gasteiger partial charge in [0.05, 0.1) is 0 Å². The van der Waals surface area contributed by atoms with E-state index in [-0.39, 0.29) is 5.91 Å². The van der Waals surface area contributed by atoms with Gasteiger partial charge >= 0.3 is 0 Å². The van der Waals surface area contributed by atoms with Gasteiger partial charge in [-0.05, 0) is 42.5 Å². The van der Waals surface area contributed by atoms with Crippen molar-refractivity contribution in [1.82, 2.24) is 4.90 Å². The summed E-state index contributed by atoms with van der Waals surface area (Å²) in [5, 5.41) is 2.17. The Balaban J connectivity index is 1.89. The van der Waals surface area contributed by atoms with E-state index < -0.39 is 0 Å². The number of halogens is 1. The standard InChI is InChI=1S/C18H20ClNO/c19-12-4-8-15-9-5-13-20(15)18(21)17-11-3-7-14-6-1-2-10-16(14)17/h1-3,6-7,10-11,15H,4-5,8-9,12-13H2.